The first-order chi connectivity index (χ1) is 9.88. The molecule has 0 spiro atoms. The first-order valence-corrected chi connectivity index (χ1v) is 8.58. The van der Waals surface area contributed by atoms with Crippen molar-refractivity contribution in [2.75, 3.05) is 0 Å². The van der Waals surface area contributed by atoms with Crippen LogP contribution in [-0.2, 0) is 6.42 Å². The minimum Gasteiger partial charge on any atom is -0.469 e. The van der Waals surface area contributed by atoms with Gasteiger partial charge in [-0.2, -0.15) is 0 Å². The van der Waals surface area contributed by atoms with Gasteiger partial charge in [-0.15, -0.1) is 0 Å². The summed E-state index contributed by atoms with van der Waals surface area (Å²) in [4.78, 5) is 0. The van der Waals surface area contributed by atoms with Gasteiger partial charge < -0.3 is 9.52 Å². The summed E-state index contributed by atoms with van der Waals surface area (Å²) in [5.41, 5.74) is 1.48. The van der Waals surface area contributed by atoms with E-state index in [9.17, 15) is 5.11 Å². The molecule has 2 nitrogen and oxygen atoms in total. The first-order valence-electron chi connectivity index (χ1n) is 8.58. The van der Waals surface area contributed by atoms with Crippen molar-refractivity contribution < 1.29 is 9.52 Å². The Labute approximate surface area is 127 Å². The summed E-state index contributed by atoms with van der Waals surface area (Å²) in [6.07, 6.45) is 11.4. The Morgan fingerprint density at radius 1 is 1.19 bits per heavy atom. The van der Waals surface area contributed by atoms with E-state index in [0.29, 0.717) is 22.7 Å². The summed E-state index contributed by atoms with van der Waals surface area (Å²) < 4.78 is 5.40. The number of rotatable bonds is 4. The minimum absolute atomic E-state index is 0.250. The highest BCUT2D eigenvalue weighted by atomic mass is 16.3. The third-order valence-corrected chi connectivity index (χ3v) is 6.43. The molecule has 116 valence electrons. The first kappa shape index (κ1) is 13.9. The molecule has 21 heavy (non-hydrogen) atoms. The molecule has 0 aromatic carbocycles. The molecule has 0 radical (unpaired) electrons. The van der Waals surface area contributed by atoms with E-state index in [1.807, 2.05) is 12.1 Å². The van der Waals surface area contributed by atoms with Crippen LogP contribution in [0.2, 0.25) is 0 Å². The maximum atomic E-state index is 10.6. The molecule has 0 amide bonds. The molecule has 4 aliphatic rings. The standard InChI is InChI=1S/C19H28O2/c1-17-7-14-8-18(2,11-17)13-19(9-14,12-17)10-15(20)6-16-4-3-5-21-16/h3-5,14-15,20H,6-13H2,1-2H3. The molecule has 1 aromatic heterocycles. The molecule has 4 aliphatic carbocycles. The maximum absolute atomic E-state index is 10.6. The maximum Gasteiger partial charge on any atom is 0.106 e. The van der Waals surface area contributed by atoms with E-state index in [4.69, 9.17) is 4.42 Å². The topological polar surface area (TPSA) is 33.4 Å². The van der Waals surface area contributed by atoms with Gasteiger partial charge in [0.1, 0.15) is 5.76 Å². The fourth-order valence-electron chi connectivity index (χ4n) is 7.14. The highest BCUT2D eigenvalue weighted by Gasteiger charge is 2.60. The minimum atomic E-state index is -0.250. The van der Waals surface area contributed by atoms with Crippen LogP contribution in [0.1, 0.15) is 64.6 Å². The SMILES string of the molecule is CC12CC3CC(C)(C1)CC(CC(O)Cc1ccco1)(C3)C2. The molecule has 1 heterocycles. The molecule has 0 saturated heterocycles. The summed E-state index contributed by atoms with van der Waals surface area (Å²) in [6.45, 7) is 5.01. The summed E-state index contributed by atoms with van der Waals surface area (Å²) in [5, 5.41) is 10.6. The Bertz CT molecular complexity index is 500. The fourth-order valence-corrected chi connectivity index (χ4v) is 7.14. The quantitative estimate of drug-likeness (QED) is 0.880. The van der Waals surface area contributed by atoms with Crippen LogP contribution in [0.25, 0.3) is 0 Å². The summed E-state index contributed by atoms with van der Waals surface area (Å²) in [6, 6.07) is 3.89. The van der Waals surface area contributed by atoms with Crippen molar-refractivity contribution in [3.63, 3.8) is 0 Å². The zero-order valence-corrected chi connectivity index (χ0v) is 13.4. The molecule has 0 aliphatic heterocycles. The van der Waals surface area contributed by atoms with Crippen molar-refractivity contribution in [1.29, 1.82) is 0 Å². The molecule has 4 saturated carbocycles. The highest BCUT2D eigenvalue weighted by molar-refractivity contribution is 5.11. The van der Waals surface area contributed by atoms with Gasteiger partial charge >= 0.3 is 0 Å². The molecular formula is C19H28O2. The Kier molecular flexibility index (Phi) is 2.89. The molecular weight excluding hydrogens is 260 g/mol. The van der Waals surface area contributed by atoms with Gasteiger partial charge in [-0.3, -0.25) is 0 Å². The van der Waals surface area contributed by atoms with Crippen molar-refractivity contribution in [3.05, 3.63) is 24.2 Å². The number of aliphatic hydroxyl groups excluding tert-OH is 1. The zero-order valence-electron chi connectivity index (χ0n) is 13.4. The van der Waals surface area contributed by atoms with Crippen LogP contribution in [0.3, 0.4) is 0 Å². The van der Waals surface area contributed by atoms with Crippen LogP contribution in [-0.4, -0.2) is 11.2 Å². The van der Waals surface area contributed by atoms with Crippen LogP contribution in [0, 0.1) is 22.2 Å². The van der Waals surface area contributed by atoms with E-state index in [0.717, 1.165) is 18.1 Å². The largest absolute Gasteiger partial charge is 0.469 e. The molecule has 4 fully saturated rings. The van der Waals surface area contributed by atoms with Crippen molar-refractivity contribution >= 4 is 0 Å². The summed E-state index contributed by atoms with van der Waals surface area (Å²) in [5.74, 6) is 1.83. The van der Waals surface area contributed by atoms with E-state index in [1.54, 1.807) is 6.26 Å². The van der Waals surface area contributed by atoms with Gasteiger partial charge in [-0.25, -0.2) is 0 Å². The van der Waals surface area contributed by atoms with Gasteiger partial charge in [0.15, 0.2) is 0 Å². The van der Waals surface area contributed by atoms with Gasteiger partial charge in [0.25, 0.3) is 0 Å². The number of hydrogen-bond donors (Lipinski definition) is 1. The van der Waals surface area contributed by atoms with Gasteiger partial charge in [-0.05, 0) is 79.2 Å². The summed E-state index contributed by atoms with van der Waals surface area (Å²) >= 11 is 0. The van der Waals surface area contributed by atoms with Crippen molar-refractivity contribution in [3.8, 4) is 0 Å². The average molecular weight is 288 g/mol. The smallest absolute Gasteiger partial charge is 0.106 e. The second-order valence-electron chi connectivity index (χ2n) is 9.27. The molecule has 1 N–H and O–H groups in total. The van der Waals surface area contributed by atoms with Crippen LogP contribution in [0.15, 0.2) is 22.8 Å². The molecule has 3 unspecified atom stereocenters. The van der Waals surface area contributed by atoms with Crippen LogP contribution in [0.5, 0.6) is 0 Å². The normalized spacial score (nSPS) is 46.0. The zero-order chi connectivity index (χ0) is 14.7. The van der Waals surface area contributed by atoms with Gasteiger partial charge in [0, 0.05) is 6.42 Å². The second kappa shape index (κ2) is 4.38. The van der Waals surface area contributed by atoms with E-state index >= 15 is 0 Å². The lowest BCUT2D eigenvalue weighted by Gasteiger charge is -2.66. The van der Waals surface area contributed by atoms with Crippen LogP contribution < -0.4 is 0 Å². The molecule has 3 atom stereocenters. The van der Waals surface area contributed by atoms with Gasteiger partial charge in [-0.1, -0.05) is 13.8 Å². The van der Waals surface area contributed by atoms with Crippen molar-refractivity contribution in [2.45, 2.75) is 71.3 Å². The predicted octanol–water partition coefficient (Wildman–Crippen LogP) is 4.57. The molecule has 4 bridgehead atoms. The number of aliphatic hydroxyl groups is 1. The van der Waals surface area contributed by atoms with E-state index < -0.39 is 0 Å². The van der Waals surface area contributed by atoms with E-state index in [1.165, 1.54) is 38.5 Å². The lowest BCUT2D eigenvalue weighted by Crippen LogP contribution is -2.55. The van der Waals surface area contributed by atoms with Crippen LogP contribution >= 0.6 is 0 Å². The van der Waals surface area contributed by atoms with Gasteiger partial charge in [0.05, 0.1) is 12.4 Å². The third kappa shape index (κ3) is 2.46. The third-order valence-electron chi connectivity index (χ3n) is 6.43. The molecule has 1 aromatic rings. The Balaban J connectivity index is 1.51. The number of furan rings is 1. The van der Waals surface area contributed by atoms with Crippen molar-refractivity contribution in [2.24, 2.45) is 22.2 Å². The second-order valence-corrected chi connectivity index (χ2v) is 9.27. The Morgan fingerprint density at radius 2 is 1.90 bits per heavy atom. The molecule has 2 heteroatoms. The Hall–Kier alpha value is -0.760. The Morgan fingerprint density at radius 3 is 2.48 bits per heavy atom. The fraction of sp³-hybridized carbons (Fsp3) is 0.789. The van der Waals surface area contributed by atoms with Gasteiger partial charge in [0.2, 0.25) is 0 Å². The number of hydrogen-bond acceptors (Lipinski definition) is 2. The predicted molar refractivity (Wildman–Crippen MR) is 82.9 cm³/mol. The van der Waals surface area contributed by atoms with E-state index in [2.05, 4.69) is 13.8 Å². The van der Waals surface area contributed by atoms with Crippen molar-refractivity contribution in [1.82, 2.24) is 0 Å². The highest BCUT2D eigenvalue weighted by Crippen LogP contribution is 2.70. The lowest BCUT2D eigenvalue weighted by atomic mass is 9.39. The summed E-state index contributed by atoms with van der Waals surface area (Å²) in [7, 11) is 0. The van der Waals surface area contributed by atoms with Crippen LogP contribution in [0.4, 0.5) is 0 Å². The monoisotopic (exact) mass is 288 g/mol. The molecule has 5 rings (SSSR count). The average Bonchev–Trinajstić information content (AvgIpc) is 2.74. The van der Waals surface area contributed by atoms with E-state index in [-0.39, 0.29) is 6.10 Å². The lowest BCUT2D eigenvalue weighted by molar-refractivity contribution is -0.156.